The number of aromatic nitrogens is 2. The summed E-state index contributed by atoms with van der Waals surface area (Å²) in [5.41, 5.74) is 0.925. The van der Waals surface area contributed by atoms with E-state index in [0.717, 1.165) is 36.2 Å². The SMILES string of the molecule is CCCCCCCCC(=O)N[C@@H](Cc1ccccc1)C(=O)N[C@H](C(=O)Nc1n[nH]c(=S)s1)C(C)C. The molecule has 192 valence electrons. The molecule has 2 rings (SSSR count). The van der Waals surface area contributed by atoms with Gasteiger partial charge in [0.15, 0.2) is 3.95 Å². The number of H-pyrrole nitrogens is 1. The summed E-state index contributed by atoms with van der Waals surface area (Å²) >= 11 is 6.15. The number of hydrogen-bond acceptors (Lipinski definition) is 6. The van der Waals surface area contributed by atoms with E-state index < -0.39 is 18.0 Å². The van der Waals surface area contributed by atoms with Gasteiger partial charge in [0, 0.05) is 12.8 Å². The number of aromatic amines is 1. The Labute approximate surface area is 216 Å². The average Bonchev–Trinajstić information content (AvgIpc) is 3.23. The second kappa shape index (κ2) is 15.4. The van der Waals surface area contributed by atoms with E-state index in [1.807, 2.05) is 44.2 Å². The average molecular weight is 520 g/mol. The summed E-state index contributed by atoms with van der Waals surface area (Å²) in [4.78, 5) is 38.8. The molecule has 1 heterocycles. The molecule has 0 unspecified atom stereocenters. The van der Waals surface area contributed by atoms with Gasteiger partial charge in [0.05, 0.1) is 0 Å². The largest absolute Gasteiger partial charge is 0.344 e. The molecule has 0 aliphatic carbocycles. The Morgan fingerprint density at radius 2 is 1.69 bits per heavy atom. The summed E-state index contributed by atoms with van der Waals surface area (Å²) < 4.78 is 0.446. The number of benzene rings is 1. The molecule has 0 aliphatic heterocycles. The molecule has 0 fully saturated rings. The first-order chi connectivity index (χ1) is 16.8. The molecule has 0 bridgehead atoms. The molecular formula is C25H37N5O3S2. The van der Waals surface area contributed by atoms with Crippen molar-refractivity contribution in [2.75, 3.05) is 5.32 Å². The topological polar surface area (TPSA) is 116 Å². The number of carbonyl (C=O) groups excluding carboxylic acids is 3. The third kappa shape index (κ3) is 10.7. The van der Waals surface area contributed by atoms with Crippen LogP contribution < -0.4 is 16.0 Å². The number of nitrogens with one attached hydrogen (secondary N) is 4. The van der Waals surface area contributed by atoms with Gasteiger partial charge in [0.1, 0.15) is 12.1 Å². The van der Waals surface area contributed by atoms with E-state index in [4.69, 9.17) is 12.2 Å². The van der Waals surface area contributed by atoms with Gasteiger partial charge in [0.2, 0.25) is 22.9 Å². The lowest BCUT2D eigenvalue weighted by Gasteiger charge is -2.25. The first kappa shape index (κ1) is 28.6. The maximum Gasteiger partial charge on any atom is 0.249 e. The Morgan fingerprint density at radius 1 is 1.00 bits per heavy atom. The number of unbranched alkanes of at least 4 members (excludes halogenated alkanes) is 5. The van der Waals surface area contributed by atoms with Crippen molar-refractivity contribution < 1.29 is 14.4 Å². The fraction of sp³-hybridized carbons (Fsp3) is 0.560. The number of nitrogens with zero attached hydrogens (tertiary/aromatic N) is 1. The maximum atomic E-state index is 13.3. The lowest BCUT2D eigenvalue weighted by atomic mass is 10.0. The zero-order chi connectivity index (χ0) is 25.6. The minimum Gasteiger partial charge on any atom is -0.344 e. The van der Waals surface area contributed by atoms with Gasteiger partial charge in [-0.15, -0.1) is 5.10 Å². The van der Waals surface area contributed by atoms with Crippen LogP contribution in [0.4, 0.5) is 5.13 Å². The first-order valence-electron chi connectivity index (χ1n) is 12.3. The van der Waals surface area contributed by atoms with Crippen LogP contribution in [0.2, 0.25) is 0 Å². The quantitative estimate of drug-likeness (QED) is 0.200. The van der Waals surface area contributed by atoms with Crippen molar-refractivity contribution in [3.63, 3.8) is 0 Å². The fourth-order valence-corrected chi connectivity index (χ4v) is 4.44. The summed E-state index contributed by atoms with van der Waals surface area (Å²) in [6, 6.07) is 7.94. The zero-order valence-corrected chi connectivity index (χ0v) is 22.4. The summed E-state index contributed by atoms with van der Waals surface area (Å²) in [6.07, 6.45) is 7.20. The van der Waals surface area contributed by atoms with Crippen LogP contribution in [-0.2, 0) is 20.8 Å². The number of anilines is 1. The van der Waals surface area contributed by atoms with E-state index in [1.165, 1.54) is 19.3 Å². The predicted octanol–water partition coefficient (Wildman–Crippen LogP) is 4.76. The molecule has 0 spiro atoms. The highest BCUT2D eigenvalue weighted by Crippen LogP contribution is 2.14. The number of rotatable bonds is 15. The highest BCUT2D eigenvalue weighted by Gasteiger charge is 2.29. The lowest BCUT2D eigenvalue weighted by Crippen LogP contribution is -2.55. The van der Waals surface area contributed by atoms with E-state index in [0.29, 0.717) is 21.9 Å². The molecule has 1 aromatic heterocycles. The van der Waals surface area contributed by atoms with Gasteiger partial charge in [-0.1, -0.05) is 94.5 Å². The molecule has 10 heteroatoms. The van der Waals surface area contributed by atoms with Crippen LogP contribution in [0.3, 0.4) is 0 Å². The van der Waals surface area contributed by atoms with Gasteiger partial charge in [0.25, 0.3) is 0 Å². The molecule has 8 nitrogen and oxygen atoms in total. The Morgan fingerprint density at radius 3 is 2.31 bits per heavy atom. The summed E-state index contributed by atoms with van der Waals surface area (Å²) in [5, 5.41) is 15.3. The van der Waals surface area contributed by atoms with E-state index in [2.05, 4.69) is 33.1 Å². The monoisotopic (exact) mass is 519 g/mol. The van der Waals surface area contributed by atoms with Gasteiger partial charge in [-0.25, -0.2) is 0 Å². The summed E-state index contributed by atoms with van der Waals surface area (Å²) in [7, 11) is 0. The first-order valence-corrected chi connectivity index (χ1v) is 13.5. The predicted molar refractivity (Wildman–Crippen MR) is 143 cm³/mol. The second-order valence-electron chi connectivity index (χ2n) is 8.97. The van der Waals surface area contributed by atoms with Crippen molar-refractivity contribution >= 4 is 46.4 Å². The molecule has 0 saturated carbocycles. The highest BCUT2D eigenvalue weighted by atomic mass is 32.1. The van der Waals surface area contributed by atoms with Crippen LogP contribution in [0.1, 0.15) is 71.3 Å². The third-order valence-electron chi connectivity index (χ3n) is 5.61. The van der Waals surface area contributed by atoms with E-state index >= 15 is 0 Å². The molecule has 1 aromatic carbocycles. The second-order valence-corrected chi connectivity index (χ2v) is 10.6. The molecular weight excluding hydrogens is 482 g/mol. The number of amides is 3. The normalized spacial score (nSPS) is 12.7. The van der Waals surface area contributed by atoms with Crippen molar-refractivity contribution in [3.8, 4) is 0 Å². The van der Waals surface area contributed by atoms with Gasteiger partial charge in [-0.2, -0.15) is 0 Å². The van der Waals surface area contributed by atoms with Gasteiger partial charge in [-0.05, 0) is 30.1 Å². The molecule has 4 N–H and O–H groups in total. The van der Waals surface area contributed by atoms with Crippen molar-refractivity contribution in [2.45, 2.75) is 84.2 Å². The Balaban J connectivity index is 2.02. The van der Waals surface area contributed by atoms with Gasteiger partial charge >= 0.3 is 0 Å². The highest BCUT2D eigenvalue weighted by molar-refractivity contribution is 7.73. The summed E-state index contributed by atoms with van der Waals surface area (Å²) in [6.45, 7) is 5.87. The van der Waals surface area contributed by atoms with Crippen molar-refractivity contribution in [3.05, 3.63) is 39.8 Å². The third-order valence-corrected chi connectivity index (χ3v) is 6.61. The number of carbonyl (C=O) groups is 3. The lowest BCUT2D eigenvalue weighted by molar-refractivity contribution is -0.131. The molecule has 0 saturated heterocycles. The fourth-order valence-electron chi connectivity index (χ4n) is 3.65. The van der Waals surface area contributed by atoms with Gasteiger partial charge < -0.3 is 10.6 Å². The van der Waals surface area contributed by atoms with E-state index in [-0.39, 0.29) is 17.7 Å². The van der Waals surface area contributed by atoms with Crippen LogP contribution in [0.15, 0.2) is 30.3 Å². The van der Waals surface area contributed by atoms with Crippen molar-refractivity contribution in [1.29, 1.82) is 0 Å². The number of hydrogen-bond donors (Lipinski definition) is 4. The van der Waals surface area contributed by atoms with Gasteiger partial charge in [-0.3, -0.25) is 24.8 Å². The molecule has 2 atom stereocenters. The maximum absolute atomic E-state index is 13.3. The molecule has 0 radical (unpaired) electrons. The van der Waals surface area contributed by atoms with Crippen LogP contribution in [0.5, 0.6) is 0 Å². The van der Waals surface area contributed by atoms with E-state index in [1.54, 1.807) is 0 Å². The zero-order valence-electron chi connectivity index (χ0n) is 20.8. The Bertz CT molecular complexity index is 990. The minimum atomic E-state index is -0.797. The van der Waals surface area contributed by atoms with Crippen LogP contribution in [-0.4, -0.2) is 40.0 Å². The van der Waals surface area contributed by atoms with Crippen molar-refractivity contribution in [1.82, 2.24) is 20.8 Å². The molecule has 3 amide bonds. The molecule has 2 aromatic rings. The summed E-state index contributed by atoms with van der Waals surface area (Å²) in [5.74, 6) is -1.11. The Kier molecular flexibility index (Phi) is 12.6. The smallest absolute Gasteiger partial charge is 0.249 e. The molecule has 0 aliphatic rings. The minimum absolute atomic E-state index is 0.154. The van der Waals surface area contributed by atoms with Crippen LogP contribution in [0, 0.1) is 9.87 Å². The standard InChI is InChI=1S/C25H37N5O3S2/c1-4-5-6-7-8-12-15-20(31)26-19(16-18-13-10-9-11-14-18)22(32)27-21(17(2)3)23(33)28-24-29-30-25(34)35-24/h9-11,13-14,17,19,21H,4-8,12,15-16H2,1-3H3,(H,26,31)(H,27,32)(H,30,34)(H,28,29,33)/t19-,21-/m0/s1. The van der Waals surface area contributed by atoms with Crippen LogP contribution in [0.25, 0.3) is 0 Å². The van der Waals surface area contributed by atoms with E-state index in [9.17, 15) is 14.4 Å². The van der Waals surface area contributed by atoms with Crippen molar-refractivity contribution in [2.24, 2.45) is 5.92 Å². The van der Waals surface area contributed by atoms with Crippen LogP contribution >= 0.6 is 23.6 Å². The molecule has 35 heavy (non-hydrogen) atoms. The Hall–Kier alpha value is -2.59.